The number of carbonyl (C=O) groups is 3. The molecule has 0 radical (unpaired) electrons. The van der Waals surface area contributed by atoms with Gasteiger partial charge in [0.05, 0.1) is 0 Å². The number of urea groups is 1. The number of amides is 3. The third-order valence-electron chi connectivity index (χ3n) is 3.08. The molecule has 0 aromatic heterocycles. The van der Waals surface area contributed by atoms with E-state index < -0.39 is 30.3 Å². The lowest BCUT2D eigenvalue weighted by Crippen LogP contribution is -2.29. The van der Waals surface area contributed by atoms with Gasteiger partial charge in [0.2, 0.25) is 0 Å². The summed E-state index contributed by atoms with van der Waals surface area (Å²) in [6.07, 6.45) is 2.15. The van der Waals surface area contributed by atoms with Gasteiger partial charge >= 0.3 is 12.0 Å². The zero-order chi connectivity index (χ0) is 19.4. The molecule has 3 amide bonds. The molecular weight excluding hydrogens is 368 g/mol. The van der Waals surface area contributed by atoms with Gasteiger partial charge in [0.15, 0.2) is 6.61 Å². The van der Waals surface area contributed by atoms with Gasteiger partial charge in [-0.2, -0.15) is 8.78 Å². The highest BCUT2D eigenvalue weighted by Gasteiger charge is 2.09. The number of ether oxygens (including phenoxy) is 1. The summed E-state index contributed by atoms with van der Waals surface area (Å²) >= 11 is 0.412. The molecule has 4 N–H and O–H groups in total. The summed E-state index contributed by atoms with van der Waals surface area (Å²) in [5, 5.41) is 4.95. The van der Waals surface area contributed by atoms with E-state index in [0.29, 0.717) is 48.2 Å². The Kier molecular flexibility index (Phi) is 10.1. The number of anilines is 1. The molecular formula is C16H21F2N3O4S. The van der Waals surface area contributed by atoms with Crippen LogP contribution >= 0.6 is 11.8 Å². The van der Waals surface area contributed by atoms with Crippen LogP contribution in [0.1, 0.15) is 25.7 Å². The van der Waals surface area contributed by atoms with Crippen LogP contribution in [-0.4, -0.2) is 36.8 Å². The summed E-state index contributed by atoms with van der Waals surface area (Å²) in [7, 11) is 0. The van der Waals surface area contributed by atoms with Crippen LogP contribution in [0.5, 0.6) is 0 Å². The Balaban J connectivity index is 2.17. The van der Waals surface area contributed by atoms with E-state index in [9.17, 15) is 23.2 Å². The predicted octanol–water partition coefficient (Wildman–Crippen LogP) is 2.71. The van der Waals surface area contributed by atoms with Gasteiger partial charge in [-0.1, -0.05) is 18.2 Å². The van der Waals surface area contributed by atoms with Crippen molar-refractivity contribution in [1.82, 2.24) is 5.32 Å². The third kappa shape index (κ3) is 10.5. The number of carbonyl (C=O) groups excluding carboxylic acids is 3. The van der Waals surface area contributed by atoms with Gasteiger partial charge in [-0.15, -0.1) is 0 Å². The lowest BCUT2D eigenvalue weighted by molar-refractivity contribution is -0.147. The normalized spacial score (nSPS) is 10.4. The largest absolute Gasteiger partial charge is 0.456 e. The Morgan fingerprint density at radius 3 is 2.42 bits per heavy atom. The van der Waals surface area contributed by atoms with Crippen molar-refractivity contribution >= 4 is 35.4 Å². The van der Waals surface area contributed by atoms with Crippen LogP contribution in [-0.2, 0) is 14.3 Å². The number of thioether (sulfide) groups is 1. The fourth-order valence-corrected chi connectivity index (χ4v) is 2.42. The van der Waals surface area contributed by atoms with E-state index >= 15 is 0 Å². The second-order valence-corrected chi connectivity index (χ2v) is 6.28. The molecule has 0 aliphatic rings. The number of rotatable bonds is 11. The number of primary amides is 1. The van der Waals surface area contributed by atoms with E-state index in [0.717, 1.165) is 0 Å². The fraction of sp³-hybridized carbons (Fsp3) is 0.438. The highest BCUT2D eigenvalue weighted by Crippen LogP contribution is 2.26. The third-order valence-corrected chi connectivity index (χ3v) is 3.81. The maximum atomic E-state index is 12.2. The number of alkyl halides is 2. The summed E-state index contributed by atoms with van der Waals surface area (Å²) in [5.74, 6) is -3.51. The summed E-state index contributed by atoms with van der Waals surface area (Å²) in [5.41, 5.74) is 5.33. The van der Waals surface area contributed by atoms with E-state index in [2.05, 4.69) is 10.6 Å². The predicted molar refractivity (Wildman–Crippen MR) is 93.9 cm³/mol. The highest BCUT2D eigenvalue weighted by atomic mass is 32.2. The van der Waals surface area contributed by atoms with E-state index in [1.807, 2.05) is 0 Å². The van der Waals surface area contributed by atoms with Gasteiger partial charge in [0, 0.05) is 23.5 Å². The van der Waals surface area contributed by atoms with Gasteiger partial charge in [-0.05, 0) is 37.1 Å². The van der Waals surface area contributed by atoms with Gasteiger partial charge in [-0.3, -0.25) is 9.59 Å². The second-order valence-electron chi connectivity index (χ2n) is 5.21. The van der Waals surface area contributed by atoms with Crippen LogP contribution in [0.2, 0.25) is 0 Å². The van der Waals surface area contributed by atoms with E-state index in [-0.39, 0.29) is 6.42 Å². The molecule has 7 nitrogen and oxygen atoms in total. The van der Waals surface area contributed by atoms with Crippen molar-refractivity contribution in [3.05, 3.63) is 24.3 Å². The number of benzene rings is 1. The molecule has 0 spiro atoms. The first-order valence-corrected chi connectivity index (χ1v) is 8.78. The minimum atomic E-state index is -2.51. The Hall–Kier alpha value is -2.36. The second kappa shape index (κ2) is 12.1. The number of hydrogen-bond acceptors (Lipinski definition) is 5. The molecule has 1 rings (SSSR count). The molecule has 26 heavy (non-hydrogen) atoms. The number of halogens is 2. The molecule has 0 heterocycles. The lowest BCUT2D eigenvalue weighted by Gasteiger charge is -2.07. The van der Waals surface area contributed by atoms with Crippen LogP contribution in [0.25, 0.3) is 0 Å². The zero-order valence-electron chi connectivity index (χ0n) is 14.0. The van der Waals surface area contributed by atoms with Crippen molar-refractivity contribution in [1.29, 1.82) is 0 Å². The van der Waals surface area contributed by atoms with E-state index in [1.165, 1.54) is 24.3 Å². The number of nitrogens with one attached hydrogen (secondary N) is 2. The zero-order valence-corrected chi connectivity index (χ0v) is 14.8. The number of nitrogens with two attached hydrogens (primary N) is 1. The van der Waals surface area contributed by atoms with Gasteiger partial charge in [0.25, 0.3) is 11.7 Å². The van der Waals surface area contributed by atoms with Crippen LogP contribution in [0.15, 0.2) is 29.2 Å². The molecule has 1 aromatic rings. The minimum absolute atomic E-state index is 0.170. The van der Waals surface area contributed by atoms with Crippen molar-refractivity contribution < 1.29 is 27.9 Å². The Morgan fingerprint density at radius 1 is 1.12 bits per heavy atom. The molecule has 1 aromatic carbocycles. The Labute approximate surface area is 154 Å². The maximum absolute atomic E-state index is 12.2. The molecule has 0 saturated heterocycles. The fourth-order valence-electron chi connectivity index (χ4n) is 1.92. The number of hydrogen-bond donors (Lipinski definition) is 3. The van der Waals surface area contributed by atoms with Gasteiger partial charge in [-0.25, -0.2) is 4.79 Å². The molecule has 0 atom stereocenters. The highest BCUT2D eigenvalue weighted by molar-refractivity contribution is 7.99. The molecule has 0 bridgehead atoms. The van der Waals surface area contributed by atoms with Crippen LogP contribution in [0.4, 0.5) is 19.3 Å². The average molecular weight is 389 g/mol. The molecule has 144 valence electrons. The minimum Gasteiger partial charge on any atom is -0.456 e. The summed E-state index contributed by atoms with van der Waals surface area (Å²) in [6, 6.07) is 5.32. The SMILES string of the molecule is NC(=O)NCCCCCC(=O)OCC(=O)Nc1ccc(SC(F)F)cc1. The van der Waals surface area contributed by atoms with Crippen LogP contribution < -0.4 is 16.4 Å². The maximum Gasteiger partial charge on any atom is 0.312 e. The molecule has 0 fully saturated rings. The number of unbranched alkanes of at least 4 members (excludes halogenated alkanes) is 2. The van der Waals surface area contributed by atoms with E-state index in [1.54, 1.807) is 0 Å². The van der Waals surface area contributed by atoms with Crippen molar-refractivity contribution in [2.45, 2.75) is 36.3 Å². The topological polar surface area (TPSA) is 111 Å². The molecule has 0 aliphatic carbocycles. The van der Waals surface area contributed by atoms with E-state index in [4.69, 9.17) is 10.5 Å². The van der Waals surface area contributed by atoms with Crippen LogP contribution in [0, 0.1) is 0 Å². The van der Waals surface area contributed by atoms with Crippen LogP contribution in [0.3, 0.4) is 0 Å². The first kappa shape index (κ1) is 21.7. The summed E-state index contributed by atoms with van der Waals surface area (Å²) in [4.78, 5) is 34.0. The average Bonchev–Trinajstić information content (AvgIpc) is 2.57. The standard InChI is InChI=1S/C16H21F2N3O4S/c17-15(18)26-12-7-5-11(6-8-12)21-13(22)10-25-14(23)4-2-1-3-9-20-16(19)24/h5-8,15H,1-4,9-10H2,(H,21,22)(H3,19,20,24). The first-order valence-electron chi connectivity index (χ1n) is 7.90. The quantitative estimate of drug-likeness (QED) is 0.306. The van der Waals surface area contributed by atoms with Crippen molar-refractivity contribution in [2.24, 2.45) is 5.73 Å². The smallest absolute Gasteiger partial charge is 0.312 e. The van der Waals surface area contributed by atoms with Gasteiger partial charge in [0.1, 0.15) is 0 Å². The lowest BCUT2D eigenvalue weighted by atomic mass is 10.2. The van der Waals surface area contributed by atoms with Gasteiger partial charge < -0.3 is 21.1 Å². The van der Waals surface area contributed by atoms with Crippen molar-refractivity contribution in [2.75, 3.05) is 18.5 Å². The first-order chi connectivity index (χ1) is 12.4. The molecule has 0 saturated carbocycles. The monoisotopic (exact) mass is 389 g/mol. The molecule has 0 unspecified atom stereocenters. The molecule has 0 aliphatic heterocycles. The van der Waals surface area contributed by atoms with Crippen molar-refractivity contribution in [3.8, 4) is 0 Å². The Morgan fingerprint density at radius 2 is 1.81 bits per heavy atom. The summed E-state index contributed by atoms with van der Waals surface area (Å²) < 4.78 is 29.3. The summed E-state index contributed by atoms with van der Waals surface area (Å²) in [6.45, 7) is 0.0248. The van der Waals surface area contributed by atoms with Crippen molar-refractivity contribution in [3.63, 3.8) is 0 Å². The number of esters is 1. The Bertz CT molecular complexity index is 600. The molecule has 10 heteroatoms.